The summed E-state index contributed by atoms with van der Waals surface area (Å²) in [5.41, 5.74) is 0.984. The van der Waals surface area contributed by atoms with E-state index in [1.54, 1.807) is 7.11 Å². The van der Waals surface area contributed by atoms with Crippen molar-refractivity contribution in [1.82, 2.24) is 10.6 Å². The molecule has 1 aromatic rings. The lowest BCUT2D eigenvalue weighted by atomic mass is 10.1. The summed E-state index contributed by atoms with van der Waals surface area (Å²) in [4.78, 5) is 11.7. The van der Waals surface area contributed by atoms with Gasteiger partial charge in [-0.1, -0.05) is 32.0 Å². The molecule has 0 fully saturated rings. The van der Waals surface area contributed by atoms with E-state index in [1.807, 2.05) is 45.0 Å². The number of benzene rings is 1. The van der Waals surface area contributed by atoms with Gasteiger partial charge in [-0.3, -0.25) is 4.79 Å². The van der Waals surface area contributed by atoms with E-state index in [9.17, 15) is 4.79 Å². The molecule has 1 amide bonds. The van der Waals surface area contributed by atoms with E-state index in [0.29, 0.717) is 12.6 Å². The predicted octanol–water partition coefficient (Wildman–Crippen LogP) is 1.87. The summed E-state index contributed by atoms with van der Waals surface area (Å²) in [7, 11) is 1.63. The van der Waals surface area contributed by atoms with E-state index in [1.165, 1.54) is 0 Å². The van der Waals surface area contributed by atoms with E-state index >= 15 is 0 Å². The highest BCUT2D eigenvalue weighted by Crippen LogP contribution is 2.23. The van der Waals surface area contributed by atoms with Gasteiger partial charge < -0.3 is 15.4 Å². The molecule has 1 atom stereocenters. The average Bonchev–Trinajstić information content (AvgIpc) is 2.36. The molecule has 4 heteroatoms. The molecule has 0 spiro atoms. The third-order valence-electron chi connectivity index (χ3n) is 2.65. The minimum absolute atomic E-state index is 0.0119. The second-order valence-corrected chi connectivity index (χ2v) is 4.57. The number of nitrogens with one attached hydrogen (secondary N) is 2. The lowest BCUT2D eigenvalue weighted by Gasteiger charge is -2.17. The van der Waals surface area contributed by atoms with Gasteiger partial charge >= 0.3 is 0 Å². The summed E-state index contributed by atoms with van der Waals surface area (Å²) < 4.78 is 5.28. The minimum Gasteiger partial charge on any atom is -0.496 e. The van der Waals surface area contributed by atoms with Gasteiger partial charge in [0, 0.05) is 11.6 Å². The van der Waals surface area contributed by atoms with Crippen molar-refractivity contribution in [2.45, 2.75) is 32.9 Å². The summed E-state index contributed by atoms with van der Waals surface area (Å²) in [5, 5.41) is 6.03. The van der Waals surface area contributed by atoms with Crippen LogP contribution in [0.25, 0.3) is 0 Å². The van der Waals surface area contributed by atoms with Crippen molar-refractivity contribution in [1.29, 1.82) is 0 Å². The van der Waals surface area contributed by atoms with Gasteiger partial charge in [-0.25, -0.2) is 0 Å². The molecule has 4 nitrogen and oxygen atoms in total. The number of amides is 1. The van der Waals surface area contributed by atoms with Crippen molar-refractivity contribution in [2.75, 3.05) is 13.7 Å². The largest absolute Gasteiger partial charge is 0.496 e. The Morgan fingerprint density at radius 3 is 2.56 bits per heavy atom. The molecule has 0 aliphatic heterocycles. The normalized spacial score (nSPS) is 12.3. The first kappa shape index (κ1) is 14.5. The van der Waals surface area contributed by atoms with Gasteiger partial charge in [0.1, 0.15) is 5.75 Å². The summed E-state index contributed by atoms with van der Waals surface area (Å²) in [6, 6.07) is 7.94. The van der Waals surface area contributed by atoms with Crippen LogP contribution >= 0.6 is 0 Å². The van der Waals surface area contributed by atoms with Gasteiger partial charge in [0.25, 0.3) is 0 Å². The summed E-state index contributed by atoms with van der Waals surface area (Å²) in [6.45, 7) is 6.30. The molecular weight excluding hydrogens is 228 g/mol. The Balaban J connectivity index is 2.59. The van der Waals surface area contributed by atoms with Crippen molar-refractivity contribution in [3.63, 3.8) is 0 Å². The SMILES string of the molecule is COc1ccccc1C(C)NC(=O)CNC(C)C. The lowest BCUT2D eigenvalue weighted by molar-refractivity contribution is -0.121. The highest BCUT2D eigenvalue weighted by Gasteiger charge is 2.13. The Kier molecular flexibility index (Phi) is 5.65. The molecule has 0 saturated carbocycles. The quantitative estimate of drug-likeness (QED) is 0.810. The second-order valence-electron chi connectivity index (χ2n) is 4.57. The van der Waals surface area contributed by atoms with Crippen LogP contribution in [0, 0.1) is 0 Å². The smallest absolute Gasteiger partial charge is 0.234 e. The van der Waals surface area contributed by atoms with E-state index in [4.69, 9.17) is 4.74 Å². The maximum absolute atomic E-state index is 11.7. The first-order valence-electron chi connectivity index (χ1n) is 6.20. The first-order valence-corrected chi connectivity index (χ1v) is 6.20. The van der Waals surface area contributed by atoms with Crippen LogP contribution in [0.3, 0.4) is 0 Å². The summed E-state index contributed by atoms with van der Waals surface area (Å²) in [6.07, 6.45) is 0. The van der Waals surface area contributed by atoms with Gasteiger partial charge in [-0.15, -0.1) is 0 Å². The van der Waals surface area contributed by atoms with Gasteiger partial charge in [0.05, 0.1) is 19.7 Å². The number of hydrogen-bond acceptors (Lipinski definition) is 3. The fourth-order valence-corrected chi connectivity index (χ4v) is 1.69. The van der Waals surface area contributed by atoms with Crippen LogP contribution in [0.15, 0.2) is 24.3 Å². The van der Waals surface area contributed by atoms with Crippen molar-refractivity contribution in [3.05, 3.63) is 29.8 Å². The molecule has 1 unspecified atom stereocenters. The molecule has 0 radical (unpaired) electrons. The molecule has 100 valence electrons. The Labute approximate surface area is 109 Å². The van der Waals surface area contributed by atoms with Crippen molar-refractivity contribution < 1.29 is 9.53 Å². The third-order valence-corrected chi connectivity index (χ3v) is 2.65. The van der Waals surface area contributed by atoms with Crippen LogP contribution in [-0.2, 0) is 4.79 Å². The maximum atomic E-state index is 11.7. The molecule has 0 heterocycles. The first-order chi connectivity index (χ1) is 8.54. The van der Waals surface area contributed by atoms with Gasteiger partial charge in [0.2, 0.25) is 5.91 Å². The van der Waals surface area contributed by atoms with Crippen LogP contribution in [-0.4, -0.2) is 25.6 Å². The highest BCUT2D eigenvalue weighted by atomic mass is 16.5. The monoisotopic (exact) mass is 250 g/mol. The molecule has 18 heavy (non-hydrogen) atoms. The molecular formula is C14H22N2O2. The predicted molar refractivity (Wildman–Crippen MR) is 72.7 cm³/mol. The minimum atomic E-state index is -0.0670. The van der Waals surface area contributed by atoms with Crippen LogP contribution in [0.5, 0.6) is 5.75 Å². The Bertz CT molecular complexity index is 391. The fraction of sp³-hybridized carbons (Fsp3) is 0.500. The second kappa shape index (κ2) is 7.01. The van der Waals surface area contributed by atoms with E-state index in [2.05, 4.69) is 10.6 Å². The summed E-state index contributed by atoms with van der Waals surface area (Å²) in [5.74, 6) is 0.782. The number of ether oxygens (including phenoxy) is 1. The zero-order valence-electron chi connectivity index (χ0n) is 11.5. The zero-order chi connectivity index (χ0) is 13.5. The van der Waals surface area contributed by atoms with E-state index in [0.717, 1.165) is 11.3 Å². The number of methoxy groups -OCH3 is 1. The average molecular weight is 250 g/mol. The van der Waals surface area contributed by atoms with Crippen molar-refractivity contribution in [3.8, 4) is 5.75 Å². The van der Waals surface area contributed by atoms with Gasteiger partial charge in [0.15, 0.2) is 0 Å². The lowest BCUT2D eigenvalue weighted by Crippen LogP contribution is -2.38. The number of hydrogen-bond donors (Lipinski definition) is 2. The molecule has 1 rings (SSSR count). The maximum Gasteiger partial charge on any atom is 0.234 e. The Morgan fingerprint density at radius 2 is 1.94 bits per heavy atom. The molecule has 1 aromatic carbocycles. The molecule has 0 aromatic heterocycles. The van der Waals surface area contributed by atoms with E-state index < -0.39 is 0 Å². The Hall–Kier alpha value is -1.55. The van der Waals surface area contributed by atoms with Crippen LogP contribution < -0.4 is 15.4 Å². The summed E-state index contributed by atoms with van der Waals surface area (Å²) >= 11 is 0. The topological polar surface area (TPSA) is 50.4 Å². The van der Waals surface area contributed by atoms with Gasteiger partial charge in [-0.2, -0.15) is 0 Å². The molecule has 0 bridgehead atoms. The van der Waals surface area contributed by atoms with E-state index in [-0.39, 0.29) is 11.9 Å². The Morgan fingerprint density at radius 1 is 1.28 bits per heavy atom. The standard InChI is InChI=1S/C14H22N2O2/c1-10(2)15-9-14(17)16-11(3)12-7-5-6-8-13(12)18-4/h5-8,10-11,15H,9H2,1-4H3,(H,16,17). The fourth-order valence-electron chi connectivity index (χ4n) is 1.69. The van der Waals surface area contributed by atoms with Crippen LogP contribution in [0.2, 0.25) is 0 Å². The van der Waals surface area contributed by atoms with Gasteiger partial charge in [-0.05, 0) is 13.0 Å². The third kappa shape index (κ3) is 4.37. The zero-order valence-corrected chi connectivity index (χ0v) is 11.5. The van der Waals surface area contributed by atoms with Crippen molar-refractivity contribution >= 4 is 5.91 Å². The number of carbonyl (C=O) groups excluding carboxylic acids is 1. The highest BCUT2D eigenvalue weighted by molar-refractivity contribution is 5.78. The van der Waals surface area contributed by atoms with Crippen LogP contribution in [0.4, 0.5) is 0 Å². The number of para-hydroxylation sites is 1. The molecule has 0 saturated heterocycles. The number of carbonyl (C=O) groups is 1. The number of rotatable bonds is 6. The molecule has 0 aliphatic carbocycles. The van der Waals surface area contributed by atoms with Crippen LogP contribution in [0.1, 0.15) is 32.4 Å². The van der Waals surface area contributed by atoms with Crippen molar-refractivity contribution in [2.24, 2.45) is 0 Å². The molecule has 2 N–H and O–H groups in total. The molecule has 0 aliphatic rings.